The van der Waals surface area contributed by atoms with Crippen LogP contribution in [-0.2, 0) is 33.2 Å². The van der Waals surface area contributed by atoms with E-state index >= 15 is 0 Å². The van der Waals surface area contributed by atoms with Crippen molar-refractivity contribution in [2.45, 2.75) is 59.0 Å². The number of nitriles is 1. The van der Waals surface area contributed by atoms with Crippen molar-refractivity contribution in [1.82, 2.24) is 35.4 Å². The quantitative estimate of drug-likeness (QED) is 0.113. The number of aromatic nitrogens is 5. The summed E-state index contributed by atoms with van der Waals surface area (Å²) in [6.45, 7) is 9.09. The van der Waals surface area contributed by atoms with Gasteiger partial charge in [-0.25, -0.2) is 4.68 Å². The highest BCUT2D eigenvalue weighted by Crippen LogP contribution is 2.36. The van der Waals surface area contributed by atoms with Crippen LogP contribution in [0, 0.1) is 25.2 Å². The van der Waals surface area contributed by atoms with Gasteiger partial charge in [-0.2, -0.15) is 5.26 Å². The van der Waals surface area contributed by atoms with Gasteiger partial charge >= 0.3 is 0 Å². The van der Waals surface area contributed by atoms with E-state index < -0.39 is 0 Å². The van der Waals surface area contributed by atoms with Crippen LogP contribution in [0.3, 0.4) is 0 Å². The van der Waals surface area contributed by atoms with E-state index in [1.54, 1.807) is 16.9 Å². The number of benzene rings is 3. The summed E-state index contributed by atoms with van der Waals surface area (Å²) in [6.07, 6.45) is 5.41. The third kappa shape index (κ3) is 9.88. The molecule has 0 saturated carbocycles. The summed E-state index contributed by atoms with van der Waals surface area (Å²) in [7, 11) is 1.81. The highest BCUT2D eigenvalue weighted by atomic mass is 35.5. The third-order valence-electron chi connectivity index (χ3n) is 9.51. The van der Waals surface area contributed by atoms with Crippen LogP contribution in [0.2, 0.25) is 5.02 Å². The molecule has 1 aliphatic rings. The van der Waals surface area contributed by atoms with Crippen molar-refractivity contribution >= 4 is 11.6 Å². The van der Waals surface area contributed by atoms with E-state index in [2.05, 4.69) is 68.8 Å². The van der Waals surface area contributed by atoms with Gasteiger partial charge in [0.25, 0.3) is 0 Å². The SMILES string of the molecule is Cc1c(COc2cc(OCc3cncc(C#N)c3)c(CNCCc3nnnn3C)cc2Cl)cccc1-c1cccc(OCCCN2CC[C@@H](O)C2)c1C. The average Bonchev–Trinajstić information content (AvgIpc) is 3.78. The molecule has 2 N–H and O–H groups in total. The lowest BCUT2D eigenvalue weighted by atomic mass is 9.93. The number of likely N-dealkylation sites (tertiary alicyclic amines) is 1. The number of hydrogen-bond acceptors (Lipinski definition) is 11. The Labute approximate surface area is 315 Å². The zero-order chi connectivity index (χ0) is 37.2. The lowest BCUT2D eigenvalue weighted by Gasteiger charge is -2.19. The van der Waals surface area contributed by atoms with Gasteiger partial charge in [0.15, 0.2) is 5.82 Å². The minimum atomic E-state index is -0.204. The number of tetrazole rings is 1. The zero-order valence-corrected chi connectivity index (χ0v) is 31.1. The molecule has 0 amide bonds. The molecule has 6 rings (SSSR count). The molecule has 3 heterocycles. The maximum absolute atomic E-state index is 9.80. The number of halogens is 1. The molecule has 1 fully saturated rings. The molecule has 276 valence electrons. The first-order valence-corrected chi connectivity index (χ1v) is 18.2. The lowest BCUT2D eigenvalue weighted by molar-refractivity contribution is 0.173. The number of nitrogens with one attached hydrogen (secondary N) is 1. The summed E-state index contributed by atoms with van der Waals surface area (Å²) in [5.41, 5.74) is 7.54. The topological polar surface area (TPSA) is 143 Å². The number of rotatable bonds is 17. The predicted molar refractivity (Wildman–Crippen MR) is 202 cm³/mol. The molecule has 1 aliphatic heterocycles. The minimum Gasteiger partial charge on any atom is -0.493 e. The molecular weight excluding hydrogens is 692 g/mol. The van der Waals surface area contributed by atoms with Crippen molar-refractivity contribution in [2.75, 3.05) is 32.8 Å². The van der Waals surface area contributed by atoms with Gasteiger partial charge in [-0.1, -0.05) is 41.9 Å². The fourth-order valence-electron chi connectivity index (χ4n) is 6.47. The fourth-order valence-corrected chi connectivity index (χ4v) is 6.71. The van der Waals surface area contributed by atoms with E-state index in [-0.39, 0.29) is 12.7 Å². The molecule has 0 aliphatic carbocycles. The van der Waals surface area contributed by atoms with Gasteiger partial charge in [-0.05, 0) is 83.1 Å². The van der Waals surface area contributed by atoms with E-state index in [1.165, 1.54) is 6.20 Å². The second-order valence-corrected chi connectivity index (χ2v) is 13.7. The number of nitrogens with zero attached hydrogens (tertiary/aromatic N) is 7. The van der Waals surface area contributed by atoms with Crippen LogP contribution in [0.4, 0.5) is 0 Å². The van der Waals surface area contributed by atoms with Gasteiger partial charge < -0.3 is 29.5 Å². The standard InChI is InChI=1S/C40H45ClN8O4/c1-27-31(7-4-8-34(27)35-9-5-10-37(28(35)2)51-16-6-14-49-15-12-33(50)24-49)26-53-39-19-38(52-25-30-17-29(20-42)21-44-22-30)32(18-36(39)41)23-43-13-11-40-45-46-47-48(40)3/h4-5,7-10,17-19,21-22,33,43,50H,6,11-16,23-26H2,1-3H3/t33-/m1/s1. The molecule has 1 atom stereocenters. The second kappa shape index (κ2) is 18.1. The van der Waals surface area contributed by atoms with Gasteiger partial charge in [0.2, 0.25) is 0 Å². The Balaban J connectivity index is 1.14. The highest BCUT2D eigenvalue weighted by molar-refractivity contribution is 6.32. The molecular formula is C40H45ClN8O4. The Morgan fingerprint density at radius 1 is 0.962 bits per heavy atom. The summed E-state index contributed by atoms with van der Waals surface area (Å²) in [4.78, 5) is 6.45. The van der Waals surface area contributed by atoms with E-state index in [0.29, 0.717) is 54.8 Å². The average molecular weight is 737 g/mol. The Bertz CT molecular complexity index is 2050. The molecule has 12 nitrogen and oxygen atoms in total. The Kier molecular flexibility index (Phi) is 12.9. The first kappa shape index (κ1) is 37.7. The van der Waals surface area contributed by atoms with Crippen molar-refractivity contribution in [2.24, 2.45) is 7.05 Å². The molecule has 5 aromatic rings. The van der Waals surface area contributed by atoms with Crippen molar-refractivity contribution in [3.8, 4) is 34.4 Å². The monoisotopic (exact) mass is 736 g/mol. The van der Waals surface area contributed by atoms with Gasteiger partial charge in [0.1, 0.15) is 36.5 Å². The lowest BCUT2D eigenvalue weighted by Crippen LogP contribution is -2.24. The normalized spacial score (nSPS) is 14.3. The van der Waals surface area contributed by atoms with Crippen LogP contribution in [0.1, 0.15) is 52.0 Å². The third-order valence-corrected chi connectivity index (χ3v) is 9.80. The number of aliphatic hydroxyl groups excluding tert-OH is 1. The van der Waals surface area contributed by atoms with Gasteiger partial charge in [0, 0.05) is 75.8 Å². The van der Waals surface area contributed by atoms with Gasteiger partial charge in [0.05, 0.1) is 23.3 Å². The molecule has 13 heteroatoms. The molecule has 0 unspecified atom stereocenters. The predicted octanol–water partition coefficient (Wildman–Crippen LogP) is 5.74. The maximum atomic E-state index is 9.80. The van der Waals surface area contributed by atoms with Crippen LogP contribution in [0.5, 0.6) is 17.2 Å². The van der Waals surface area contributed by atoms with E-state index in [0.717, 1.165) is 83.0 Å². The summed E-state index contributed by atoms with van der Waals surface area (Å²) in [5, 5.41) is 34.7. The Morgan fingerprint density at radius 3 is 2.55 bits per heavy atom. The van der Waals surface area contributed by atoms with Gasteiger partial charge in [-0.3, -0.25) is 4.98 Å². The number of pyridine rings is 1. The molecule has 0 bridgehead atoms. The van der Waals surface area contributed by atoms with Crippen molar-refractivity contribution in [3.63, 3.8) is 0 Å². The molecule has 0 spiro atoms. The first-order valence-electron chi connectivity index (χ1n) is 17.8. The van der Waals surface area contributed by atoms with Crippen molar-refractivity contribution in [3.05, 3.63) is 111 Å². The van der Waals surface area contributed by atoms with Crippen molar-refractivity contribution in [1.29, 1.82) is 5.26 Å². The number of aliphatic hydroxyl groups is 1. The Morgan fingerprint density at radius 2 is 1.77 bits per heavy atom. The van der Waals surface area contributed by atoms with Crippen LogP contribution in [0.15, 0.2) is 67.0 Å². The molecule has 3 aromatic carbocycles. The van der Waals surface area contributed by atoms with Crippen LogP contribution < -0.4 is 19.5 Å². The van der Waals surface area contributed by atoms with E-state index in [4.69, 9.17) is 25.8 Å². The van der Waals surface area contributed by atoms with Crippen LogP contribution >= 0.6 is 11.6 Å². The summed E-state index contributed by atoms with van der Waals surface area (Å²) in [5.74, 6) is 2.76. The molecule has 2 aromatic heterocycles. The number of β-amino-alcohol motifs (C(OH)–C–C–N with tert-alkyl or cyclic N) is 1. The number of hydrogen-bond donors (Lipinski definition) is 2. The summed E-state index contributed by atoms with van der Waals surface area (Å²) >= 11 is 6.83. The van der Waals surface area contributed by atoms with Crippen LogP contribution in [0.25, 0.3) is 11.1 Å². The smallest absolute Gasteiger partial charge is 0.152 e. The largest absolute Gasteiger partial charge is 0.493 e. The zero-order valence-electron chi connectivity index (χ0n) is 30.4. The maximum Gasteiger partial charge on any atom is 0.152 e. The molecule has 0 radical (unpaired) electrons. The van der Waals surface area contributed by atoms with Crippen LogP contribution in [-0.4, -0.2) is 74.1 Å². The number of ether oxygens (including phenoxy) is 3. The minimum absolute atomic E-state index is 0.204. The summed E-state index contributed by atoms with van der Waals surface area (Å²) < 4.78 is 20.6. The number of aryl methyl sites for hydroxylation is 1. The first-order chi connectivity index (χ1) is 25.8. The van der Waals surface area contributed by atoms with Crippen molar-refractivity contribution < 1.29 is 19.3 Å². The second-order valence-electron chi connectivity index (χ2n) is 13.3. The highest BCUT2D eigenvalue weighted by Gasteiger charge is 2.20. The summed E-state index contributed by atoms with van der Waals surface area (Å²) in [6, 6.07) is 20.0. The molecule has 1 saturated heterocycles. The van der Waals surface area contributed by atoms with E-state index in [1.807, 2.05) is 37.4 Å². The van der Waals surface area contributed by atoms with E-state index in [9.17, 15) is 10.4 Å². The van der Waals surface area contributed by atoms with Gasteiger partial charge in [-0.15, -0.1) is 5.10 Å². The fraction of sp³-hybridized carbons (Fsp3) is 0.375. The molecule has 53 heavy (non-hydrogen) atoms. The Hall–Kier alpha value is -5.06.